The maximum Gasteiger partial charge on any atom is 0.243 e. The van der Waals surface area contributed by atoms with E-state index in [4.69, 9.17) is 0 Å². The molecule has 1 N–H and O–H groups in total. The number of hydrogen-bond acceptors (Lipinski definition) is 3. The molecule has 2 fully saturated rings. The number of rotatable bonds is 3. The molecular weight excluding hydrogens is 252 g/mol. The topological polar surface area (TPSA) is 66.5 Å². The van der Waals surface area contributed by atoms with Gasteiger partial charge in [0.1, 0.15) is 0 Å². The second-order valence-electron chi connectivity index (χ2n) is 5.00. The van der Waals surface area contributed by atoms with Crippen LogP contribution in [0.5, 0.6) is 0 Å². The number of carbonyl (C=O) groups excluding carboxylic acids is 1. The molecule has 5 nitrogen and oxygen atoms in total. The van der Waals surface area contributed by atoms with Gasteiger partial charge in [0.15, 0.2) is 0 Å². The molecule has 0 spiro atoms. The van der Waals surface area contributed by atoms with Crippen LogP contribution >= 0.6 is 0 Å². The highest BCUT2D eigenvalue weighted by Crippen LogP contribution is 2.28. The van der Waals surface area contributed by atoms with E-state index in [0.717, 1.165) is 32.1 Å². The van der Waals surface area contributed by atoms with Crippen LogP contribution in [0.3, 0.4) is 0 Å². The molecule has 6 heteroatoms. The third-order valence-electron chi connectivity index (χ3n) is 3.77. The summed E-state index contributed by atoms with van der Waals surface area (Å²) < 4.78 is 25.3. The average molecular weight is 272 g/mol. The van der Waals surface area contributed by atoms with E-state index in [9.17, 15) is 13.2 Å². The number of sulfonamides is 1. The molecule has 1 saturated carbocycles. The van der Waals surface area contributed by atoms with Crippen LogP contribution in [0.4, 0.5) is 0 Å². The molecule has 1 heterocycles. The summed E-state index contributed by atoms with van der Waals surface area (Å²) in [5.41, 5.74) is 0. The van der Waals surface area contributed by atoms with Crippen molar-refractivity contribution in [1.82, 2.24) is 9.62 Å². The van der Waals surface area contributed by atoms with E-state index in [2.05, 4.69) is 11.9 Å². The van der Waals surface area contributed by atoms with Crippen LogP contribution < -0.4 is 5.32 Å². The van der Waals surface area contributed by atoms with Gasteiger partial charge >= 0.3 is 0 Å². The van der Waals surface area contributed by atoms with Crippen LogP contribution in [-0.4, -0.2) is 43.0 Å². The minimum atomic E-state index is -3.00. The van der Waals surface area contributed by atoms with Crippen molar-refractivity contribution in [3.8, 4) is 0 Å². The number of nitrogens with zero attached hydrogens (tertiary/aromatic N) is 1. The Bertz CT molecular complexity index is 425. The molecular formula is C12H20N2O3S. The van der Waals surface area contributed by atoms with Crippen LogP contribution in [0, 0.1) is 0 Å². The summed E-state index contributed by atoms with van der Waals surface area (Å²) in [4.78, 5) is 11.2. The zero-order valence-electron chi connectivity index (χ0n) is 10.5. The van der Waals surface area contributed by atoms with E-state index in [1.807, 2.05) is 0 Å². The lowest BCUT2D eigenvalue weighted by molar-refractivity contribution is -0.117. The summed E-state index contributed by atoms with van der Waals surface area (Å²) in [6.07, 6.45) is 5.38. The Morgan fingerprint density at radius 1 is 1.28 bits per heavy atom. The Morgan fingerprint density at radius 2 is 1.94 bits per heavy atom. The Kier molecular flexibility index (Phi) is 4.07. The molecule has 2 aliphatic rings. The van der Waals surface area contributed by atoms with Gasteiger partial charge < -0.3 is 5.32 Å². The standard InChI is InChI=1S/C12H20N2O3S/c1-2-12(15)13-10-4-6-11(7-5-10)14-8-3-9-18(14,16)17/h2,10-11H,1,3-9H2,(H,13,15). The van der Waals surface area contributed by atoms with Crippen LogP contribution in [0.15, 0.2) is 12.7 Å². The molecule has 0 aromatic carbocycles. The summed E-state index contributed by atoms with van der Waals surface area (Å²) in [6.45, 7) is 4.09. The van der Waals surface area contributed by atoms with Crippen molar-refractivity contribution in [2.45, 2.75) is 44.2 Å². The SMILES string of the molecule is C=CC(=O)NC1CCC(N2CCCS2(=O)=O)CC1. The molecule has 1 saturated heterocycles. The fraction of sp³-hybridized carbons (Fsp3) is 0.750. The molecule has 0 aromatic heterocycles. The van der Waals surface area contributed by atoms with E-state index >= 15 is 0 Å². The fourth-order valence-electron chi connectivity index (χ4n) is 2.84. The smallest absolute Gasteiger partial charge is 0.243 e. The Balaban J connectivity index is 1.87. The first-order valence-corrected chi connectivity index (χ1v) is 8.06. The minimum Gasteiger partial charge on any atom is -0.350 e. The summed E-state index contributed by atoms with van der Waals surface area (Å²) in [7, 11) is -3.00. The van der Waals surface area contributed by atoms with Crippen molar-refractivity contribution < 1.29 is 13.2 Å². The lowest BCUT2D eigenvalue weighted by Crippen LogP contribution is -2.44. The lowest BCUT2D eigenvalue weighted by Gasteiger charge is -2.33. The van der Waals surface area contributed by atoms with E-state index in [0.29, 0.717) is 12.3 Å². The zero-order valence-corrected chi connectivity index (χ0v) is 11.3. The summed E-state index contributed by atoms with van der Waals surface area (Å²) in [6, 6.07) is 0.298. The Hall–Kier alpha value is -0.880. The van der Waals surface area contributed by atoms with E-state index in [1.165, 1.54) is 6.08 Å². The normalized spacial score (nSPS) is 32.0. The summed E-state index contributed by atoms with van der Waals surface area (Å²) >= 11 is 0. The Morgan fingerprint density at radius 3 is 2.44 bits per heavy atom. The molecule has 0 atom stereocenters. The Labute approximate surface area is 108 Å². The third kappa shape index (κ3) is 2.92. The number of hydrogen-bond donors (Lipinski definition) is 1. The van der Waals surface area contributed by atoms with Crippen molar-refractivity contribution in [3.63, 3.8) is 0 Å². The highest BCUT2D eigenvalue weighted by atomic mass is 32.2. The molecule has 1 amide bonds. The first-order valence-electron chi connectivity index (χ1n) is 6.45. The number of carbonyl (C=O) groups is 1. The van der Waals surface area contributed by atoms with Crippen molar-refractivity contribution in [2.75, 3.05) is 12.3 Å². The zero-order chi connectivity index (χ0) is 13.2. The highest BCUT2D eigenvalue weighted by molar-refractivity contribution is 7.89. The maximum absolute atomic E-state index is 11.8. The monoisotopic (exact) mass is 272 g/mol. The lowest BCUT2D eigenvalue weighted by atomic mass is 9.91. The number of nitrogens with one attached hydrogen (secondary N) is 1. The van der Waals surface area contributed by atoms with Gasteiger partial charge in [-0.3, -0.25) is 4.79 Å². The predicted octanol–water partition coefficient (Wildman–Crippen LogP) is 0.635. The first-order chi connectivity index (χ1) is 8.53. The quantitative estimate of drug-likeness (QED) is 0.767. The largest absolute Gasteiger partial charge is 0.350 e. The van der Waals surface area contributed by atoms with Gasteiger partial charge in [-0.25, -0.2) is 8.42 Å². The molecule has 1 aliphatic heterocycles. The van der Waals surface area contributed by atoms with Gasteiger partial charge in [0.05, 0.1) is 5.75 Å². The van der Waals surface area contributed by atoms with Crippen LogP contribution in [0.2, 0.25) is 0 Å². The van der Waals surface area contributed by atoms with Gasteiger partial charge in [0.2, 0.25) is 15.9 Å². The highest BCUT2D eigenvalue weighted by Gasteiger charge is 2.36. The molecule has 2 rings (SSSR count). The molecule has 18 heavy (non-hydrogen) atoms. The van der Waals surface area contributed by atoms with Crippen LogP contribution in [0.25, 0.3) is 0 Å². The maximum atomic E-state index is 11.8. The number of amides is 1. The van der Waals surface area contributed by atoms with Gasteiger partial charge in [0, 0.05) is 18.6 Å². The molecule has 0 radical (unpaired) electrons. The predicted molar refractivity (Wildman–Crippen MR) is 69.5 cm³/mol. The van der Waals surface area contributed by atoms with Crippen molar-refractivity contribution in [1.29, 1.82) is 0 Å². The molecule has 0 aromatic rings. The van der Waals surface area contributed by atoms with Gasteiger partial charge in [0.25, 0.3) is 0 Å². The van der Waals surface area contributed by atoms with Gasteiger partial charge in [-0.05, 0) is 38.2 Å². The van der Waals surface area contributed by atoms with Gasteiger partial charge in [-0.15, -0.1) is 0 Å². The van der Waals surface area contributed by atoms with E-state index < -0.39 is 10.0 Å². The van der Waals surface area contributed by atoms with Crippen LogP contribution in [-0.2, 0) is 14.8 Å². The van der Waals surface area contributed by atoms with E-state index in [-0.39, 0.29) is 18.0 Å². The third-order valence-corrected chi connectivity index (χ3v) is 5.77. The molecule has 0 bridgehead atoms. The van der Waals surface area contributed by atoms with Crippen molar-refractivity contribution in [2.24, 2.45) is 0 Å². The summed E-state index contributed by atoms with van der Waals surface area (Å²) in [5.74, 6) is 0.146. The second-order valence-corrected chi connectivity index (χ2v) is 7.04. The molecule has 102 valence electrons. The fourth-order valence-corrected chi connectivity index (χ4v) is 4.64. The van der Waals surface area contributed by atoms with E-state index in [1.54, 1.807) is 4.31 Å². The minimum absolute atomic E-state index is 0.134. The van der Waals surface area contributed by atoms with Gasteiger partial charge in [-0.1, -0.05) is 6.58 Å². The van der Waals surface area contributed by atoms with Crippen molar-refractivity contribution in [3.05, 3.63) is 12.7 Å². The first kappa shape index (κ1) is 13.5. The second kappa shape index (κ2) is 5.40. The van der Waals surface area contributed by atoms with Gasteiger partial charge in [-0.2, -0.15) is 4.31 Å². The summed E-state index contributed by atoms with van der Waals surface area (Å²) in [5, 5.41) is 2.88. The van der Waals surface area contributed by atoms with Crippen molar-refractivity contribution >= 4 is 15.9 Å². The molecule has 0 unspecified atom stereocenters. The average Bonchev–Trinajstić information content (AvgIpc) is 2.70. The van der Waals surface area contributed by atoms with Crippen LogP contribution in [0.1, 0.15) is 32.1 Å². The molecule has 1 aliphatic carbocycles.